The molecule has 7 nitrogen and oxygen atoms in total. The van der Waals surface area contributed by atoms with Crippen LogP contribution in [0.5, 0.6) is 5.75 Å². The highest BCUT2D eigenvalue weighted by Crippen LogP contribution is 2.26. The third kappa shape index (κ3) is 6.29. The molecule has 166 valence electrons. The van der Waals surface area contributed by atoms with E-state index in [0.29, 0.717) is 26.1 Å². The first-order chi connectivity index (χ1) is 15.0. The van der Waals surface area contributed by atoms with Crippen molar-refractivity contribution in [2.24, 2.45) is 0 Å². The second-order valence-corrected chi connectivity index (χ2v) is 8.04. The summed E-state index contributed by atoms with van der Waals surface area (Å²) in [5.41, 5.74) is 1.94. The molecule has 1 aliphatic heterocycles. The van der Waals surface area contributed by atoms with E-state index in [-0.39, 0.29) is 24.5 Å². The Balaban J connectivity index is 1.89. The highest BCUT2D eigenvalue weighted by molar-refractivity contribution is 5.88. The second-order valence-electron chi connectivity index (χ2n) is 8.04. The minimum Gasteiger partial charge on any atom is -0.491 e. The van der Waals surface area contributed by atoms with E-state index in [1.807, 2.05) is 78.5 Å². The molecule has 0 unspecified atom stereocenters. The van der Waals surface area contributed by atoms with Gasteiger partial charge in [0.15, 0.2) is 0 Å². The van der Waals surface area contributed by atoms with Crippen molar-refractivity contribution in [3.63, 3.8) is 0 Å². The Labute approximate surface area is 183 Å². The number of likely N-dealkylation sites (N-methyl/N-ethyl adjacent to an activating group) is 1. The summed E-state index contributed by atoms with van der Waals surface area (Å²) in [5, 5.41) is 2.87. The summed E-state index contributed by atoms with van der Waals surface area (Å²) in [6.45, 7) is 1.39. The van der Waals surface area contributed by atoms with Crippen LogP contribution in [-0.2, 0) is 27.3 Å². The number of nitrogens with one attached hydrogen (secondary N) is 1. The van der Waals surface area contributed by atoms with Crippen molar-refractivity contribution in [3.8, 4) is 5.75 Å². The highest BCUT2D eigenvalue weighted by Gasteiger charge is 2.34. The van der Waals surface area contributed by atoms with Gasteiger partial charge in [-0.3, -0.25) is 9.59 Å². The van der Waals surface area contributed by atoms with Crippen LogP contribution in [0.2, 0.25) is 0 Å². The largest absolute Gasteiger partial charge is 0.491 e. The molecule has 0 saturated heterocycles. The molecular formula is C24H31N3O4. The molecule has 2 amide bonds. The summed E-state index contributed by atoms with van der Waals surface area (Å²) >= 11 is 0. The van der Waals surface area contributed by atoms with Crippen molar-refractivity contribution in [2.45, 2.75) is 25.0 Å². The number of methoxy groups -OCH3 is 1. The molecule has 2 atom stereocenters. The summed E-state index contributed by atoms with van der Waals surface area (Å²) in [6, 6.07) is 16.6. The van der Waals surface area contributed by atoms with Gasteiger partial charge in [-0.15, -0.1) is 0 Å². The van der Waals surface area contributed by atoms with Crippen LogP contribution in [0.25, 0.3) is 0 Å². The zero-order valence-corrected chi connectivity index (χ0v) is 18.4. The fourth-order valence-corrected chi connectivity index (χ4v) is 3.81. The van der Waals surface area contributed by atoms with Gasteiger partial charge in [0.2, 0.25) is 11.8 Å². The van der Waals surface area contributed by atoms with Gasteiger partial charge in [0.1, 0.15) is 25.0 Å². The van der Waals surface area contributed by atoms with E-state index in [9.17, 15) is 9.59 Å². The smallest absolute Gasteiger partial charge is 0.246 e. The summed E-state index contributed by atoms with van der Waals surface area (Å²) in [7, 11) is 5.41. The Morgan fingerprint density at radius 2 is 1.87 bits per heavy atom. The van der Waals surface area contributed by atoms with Crippen molar-refractivity contribution >= 4 is 11.8 Å². The predicted molar refractivity (Wildman–Crippen MR) is 119 cm³/mol. The number of para-hydroxylation sites is 1. The summed E-state index contributed by atoms with van der Waals surface area (Å²) < 4.78 is 11.0. The lowest BCUT2D eigenvalue weighted by molar-refractivity contribution is -0.140. The van der Waals surface area contributed by atoms with Crippen molar-refractivity contribution in [3.05, 3.63) is 65.7 Å². The number of amides is 2. The van der Waals surface area contributed by atoms with Gasteiger partial charge < -0.3 is 24.6 Å². The van der Waals surface area contributed by atoms with E-state index in [1.165, 1.54) is 7.11 Å². The normalized spacial score (nSPS) is 16.8. The molecule has 7 heteroatoms. The van der Waals surface area contributed by atoms with Crippen LogP contribution in [0, 0.1) is 0 Å². The standard InChI is InChI=1S/C24H31N3O4/c1-26(2)15-20-16-31-22-12-8-7-11-19(22)14-27(20)24(29)21(25-23(28)17-30-3)13-18-9-5-4-6-10-18/h4-12,20-21H,13-17H2,1-3H3,(H,25,28)/t20-,21+/m0/s1. The molecule has 0 fully saturated rings. The predicted octanol–water partition coefficient (Wildman–Crippen LogP) is 1.71. The Hall–Kier alpha value is -2.90. The van der Waals surface area contributed by atoms with Crippen LogP contribution >= 0.6 is 0 Å². The Morgan fingerprint density at radius 3 is 2.58 bits per heavy atom. The lowest BCUT2D eigenvalue weighted by Crippen LogP contribution is -2.55. The molecule has 0 bridgehead atoms. The van der Waals surface area contributed by atoms with Crippen LogP contribution in [-0.4, -0.2) is 74.7 Å². The van der Waals surface area contributed by atoms with Gasteiger partial charge in [-0.1, -0.05) is 48.5 Å². The zero-order chi connectivity index (χ0) is 22.2. The van der Waals surface area contributed by atoms with Gasteiger partial charge in [0.05, 0.1) is 6.04 Å². The topological polar surface area (TPSA) is 71.1 Å². The van der Waals surface area contributed by atoms with E-state index >= 15 is 0 Å². The zero-order valence-electron chi connectivity index (χ0n) is 18.4. The maximum atomic E-state index is 13.8. The number of fused-ring (bicyclic) bond motifs is 1. The number of hydrogen-bond acceptors (Lipinski definition) is 5. The molecule has 1 heterocycles. The molecule has 0 aliphatic carbocycles. The van der Waals surface area contributed by atoms with E-state index < -0.39 is 6.04 Å². The first-order valence-electron chi connectivity index (χ1n) is 10.5. The van der Waals surface area contributed by atoms with Crippen molar-refractivity contribution in [1.29, 1.82) is 0 Å². The number of benzene rings is 2. The third-order valence-electron chi connectivity index (χ3n) is 5.24. The lowest BCUT2D eigenvalue weighted by atomic mass is 10.0. The third-order valence-corrected chi connectivity index (χ3v) is 5.24. The van der Waals surface area contributed by atoms with Gasteiger partial charge in [0, 0.05) is 32.2 Å². The molecule has 31 heavy (non-hydrogen) atoms. The molecule has 3 rings (SSSR count). The fourth-order valence-electron chi connectivity index (χ4n) is 3.81. The number of ether oxygens (including phenoxy) is 2. The number of nitrogens with zero attached hydrogens (tertiary/aromatic N) is 2. The number of carbonyl (C=O) groups is 2. The summed E-state index contributed by atoms with van der Waals surface area (Å²) in [6.07, 6.45) is 0.406. The maximum absolute atomic E-state index is 13.8. The van der Waals surface area contributed by atoms with E-state index in [0.717, 1.165) is 16.9 Å². The first-order valence-corrected chi connectivity index (χ1v) is 10.5. The molecule has 0 radical (unpaired) electrons. The Morgan fingerprint density at radius 1 is 1.16 bits per heavy atom. The van der Waals surface area contributed by atoms with Crippen LogP contribution in [0.1, 0.15) is 11.1 Å². The molecule has 1 aliphatic rings. The van der Waals surface area contributed by atoms with Crippen LogP contribution in [0.3, 0.4) is 0 Å². The molecular weight excluding hydrogens is 394 g/mol. The van der Waals surface area contributed by atoms with Gasteiger partial charge in [-0.2, -0.15) is 0 Å². The van der Waals surface area contributed by atoms with Crippen LogP contribution in [0.4, 0.5) is 0 Å². The molecule has 2 aromatic rings. The first kappa shape index (κ1) is 22.8. The Bertz CT molecular complexity index is 872. The fraction of sp³-hybridized carbons (Fsp3) is 0.417. The van der Waals surface area contributed by atoms with Gasteiger partial charge in [-0.25, -0.2) is 0 Å². The van der Waals surface area contributed by atoms with E-state index in [2.05, 4.69) is 5.32 Å². The van der Waals surface area contributed by atoms with Gasteiger partial charge in [-0.05, 0) is 25.7 Å². The number of hydrogen-bond donors (Lipinski definition) is 1. The van der Waals surface area contributed by atoms with Crippen molar-refractivity contribution < 1.29 is 19.1 Å². The van der Waals surface area contributed by atoms with Gasteiger partial charge >= 0.3 is 0 Å². The SMILES string of the molecule is COCC(=O)N[C@H](Cc1ccccc1)C(=O)N1Cc2ccccc2OC[C@@H]1CN(C)C. The monoisotopic (exact) mass is 425 g/mol. The number of carbonyl (C=O) groups excluding carboxylic acids is 2. The van der Waals surface area contributed by atoms with Crippen LogP contribution < -0.4 is 10.1 Å². The minimum atomic E-state index is -0.694. The summed E-state index contributed by atoms with van der Waals surface area (Å²) in [5.74, 6) is 0.359. The average Bonchev–Trinajstić information content (AvgIpc) is 2.93. The number of rotatable bonds is 8. The second kappa shape index (κ2) is 10.9. The maximum Gasteiger partial charge on any atom is 0.246 e. The van der Waals surface area contributed by atoms with E-state index in [1.54, 1.807) is 0 Å². The van der Waals surface area contributed by atoms with E-state index in [4.69, 9.17) is 9.47 Å². The average molecular weight is 426 g/mol. The molecule has 2 aromatic carbocycles. The van der Waals surface area contributed by atoms with Crippen molar-refractivity contribution in [2.75, 3.05) is 41.0 Å². The van der Waals surface area contributed by atoms with Crippen LogP contribution in [0.15, 0.2) is 54.6 Å². The lowest BCUT2D eigenvalue weighted by Gasteiger charge is -2.34. The molecule has 0 aromatic heterocycles. The molecule has 0 spiro atoms. The molecule has 1 N–H and O–H groups in total. The minimum absolute atomic E-state index is 0.0916. The Kier molecular flexibility index (Phi) is 8.03. The quantitative estimate of drug-likeness (QED) is 0.697. The van der Waals surface area contributed by atoms with Gasteiger partial charge in [0.25, 0.3) is 0 Å². The van der Waals surface area contributed by atoms with Crippen molar-refractivity contribution in [1.82, 2.24) is 15.1 Å². The molecule has 0 saturated carbocycles. The highest BCUT2D eigenvalue weighted by atomic mass is 16.5. The summed E-state index contributed by atoms with van der Waals surface area (Å²) in [4.78, 5) is 30.0.